The smallest absolute Gasteiger partial charge is 0.142 e. The highest BCUT2D eigenvalue weighted by Crippen LogP contribution is 2.32. The summed E-state index contributed by atoms with van der Waals surface area (Å²) in [5, 5.41) is 5.85. The summed E-state index contributed by atoms with van der Waals surface area (Å²) in [4.78, 5) is 8.82. The molecule has 2 N–H and O–H groups in total. The lowest BCUT2D eigenvalue weighted by Gasteiger charge is -1.99. The molecule has 3 nitrogen and oxygen atoms in total. The van der Waals surface area contributed by atoms with Crippen LogP contribution in [0.25, 0.3) is 21.3 Å². The molecule has 0 aliphatic rings. The molecule has 2 heterocycles. The van der Waals surface area contributed by atoms with Gasteiger partial charge in [-0.05, 0) is 12.1 Å². The minimum atomic E-state index is 0.757. The molecule has 0 spiro atoms. The van der Waals surface area contributed by atoms with Crippen LogP contribution in [0.1, 0.15) is 0 Å². The fourth-order valence-electron chi connectivity index (χ4n) is 1.54. The van der Waals surface area contributed by atoms with Crippen LogP contribution in [0, 0.1) is 0 Å². The Kier molecular flexibility index (Phi) is 2.62. The van der Waals surface area contributed by atoms with E-state index in [0.717, 1.165) is 27.0 Å². The maximum absolute atomic E-state index is 5.93. The number of aromatic nitrogens is 2. The molecule has 84 valence electrons. The van der Waals surface area contributed by atoms with Crippen molar-refractivity contribution in [3.63, 3.8) is 0 Å². The maximum Gasteiger partial charge on any atom is 0.142 e. The molecule has 17 heavy (non-hydrogen) atoms. The third-order valence-electron chi connectivity index (χ3n) is 2.35. The van der Waals surface area contributed by atoms with E-state index >= 15 is 0 Å². The van der Waals surface area contributed by atoms with E-state index in [-0.39, 0.29) is 0 Å². The highest BCUT2D eigenvalue weighted by molar-refractivity contribution is 7.15. The highest BCUT2D eigenvalue weighted by Gasteiger charge is 2.09. The number of hydrogen-bond acceptors (Lipinski definition) is 5. The van der Waals surface area contributed by atoms with Gasteiger partial charge >= 0.3 is 0 Å². The molecule has 3 rings (SSSR count). The van der Waals surface area contributed by atoms with E-state index in [2.05, 4.69) is 9.97 Å². The van der Waals surface area contributed by atoms with E-state index in [9.17, 15) is 0 Å². The van der Waals surface area contributed by atoms with Crippen LogP contribution in [-0.4, -0.2) is 9.97 Å². The van der Waals surface area contributed by atoms with Crippen molar-refractivity contribution in [3.8, 4) is 21.3 Å². The lowest BCUT2D eigenvalue weighted by Crippen LogP contribution is -1.88. The van der Waals surface area contributed by atoms with Gasteiger partial charge in [-0.1, -0.05) is 12.1 Å². The number of rotatable bonds is 2. The average Bonchev–Trinajstić information content (AvgIpc) is 3.00. The second-order valence-corrected chi connectivity index (χ2v) is 5.22. The molecule has 5 heteroatoms. The summed E-state index contributed by atoms with van der Waals surface area (Å²) >= 11 is 3.18. The molecule has 1 aromatic carbocycles. The third-order valence-corrected chi connectivity index (χ3v) is 4.02. The molecule has 0 saturated carbocycles. The van der Waals surface area contributed by atoms with Gasteiger partial charge in [-0.25, -0.2) is 9.97 Å². The van der Waals surface area contributed by atoms with Gasteiger partial charge in [0.2, 0.25) is 0 Å². The second-order valence-electron chi connectivity index (χ2n) is 3.46. The van der Waals surface area contributed by atoms with Crippen molar-refractivity contribution in [2.45, 2.75) is 0 Å². The zero-order valence-corrected chi connectivity index (χ0v) is 10.5. The van der Waals surface area contributed by atoms with Gasteiger partial charge in [0.25, 0.3) is 0 Å². The molecule has 0 aliphatic heterocycles. The number of para-hydroxylation sites is 1. The number of hydrogen-bond donors (Lipinski definition) is 1. The maximum atomic E-state index is 5.93. The van der Waals surface area contributed by atoms with E-state index < -0.39 is 0 Å². The van der Waals surface area contributed by atoms with Crippen LogP contribution in [0.2, 0.25) is 0 Å². The number of anilines is 1. The quantitative estimate of drug-likeness (QED) is 0.716. The van der Waals surface area contributed by atoms with Gasteiger partial charge in [-0.3, -0.25) is 0 Å². The van der Waals surface area contributed by atoms with Crippen molar-refractivity contribution in [3.05, 3.63) is 41.2 Å². The first-order chi connectivity index (χ1) is 8.34. The van der Waals surface area contributed by atoms with Crippen LogP contribution in [0.15, 0.2) is 41.2 Å². The van der Waals surface area contributed by atoms with Crippen LogP contribution in [0.4, 0.5) is 5.69 Å². The first-order valence-electron chi connectivity index (χ1n) is 5.05. The van der Waals surface area contributed by atoms with Crippen molar-refractivity contribution >= 4 is 28.4 Å². The zero-order valence-electron chi connectivity index (χ0n) is 8.83. The topological polar surface area (TPSA) is 51.8 Å². The Hall–Kier alpha value is -1.72. The number of nitrogen functional groups attached to an aromatic ring is 1. The minimum Gasteiger partial charge on any atom is -0.398 e. The summed E-state index contributed by atoms with van der Waals surface area (Å²) < 4.78 is 0. The van der Waals surface area contributed by atoms with Crippen molar-refractivity contribution in [1.29, 1.82) is 0 Å². The molecule has 0 saturated heterocycles. The van der Waals surface area contributed by atoms with Gasteiger partial charge in [-0.15, -0.1) is 22.7 Å². The average molecular weight is 259 g/mol. The molecular weight excluding hydrogens is 250 g/mol. The molecule has 2 aromatic heterocycles. The summed E-state index contributed by atoms with van der Waals surface area (Å²) in [6.45, 7) is 0. The Morgan fingerprint density at radius 2 is 1.94 bits per heavy atom. The summed E-state index contributed by atoms with van der Waals surface area (Å²) in [5.41, 5.74) is 8.60. The monoisotopic (exact) mass is 259 g/mol. The molecule has 0 atom stereocenters. The van der Waals surface area contributed by atoms with Crippen LogP contribution in [-0.2, 0) is 0 Å². The first-order valence-corrected chi connectivity index (χ1v) is 6.81. The lowest BCUT2D eigenvalue weighted by molar-refractivity contribution is 1.34. The minimum absolute atomic E-state index is 0.757. The van der Waals surface area contributed by atoms with Crippen LogP contribution < -0.4 is 5.73 Å². The summed E-state index contributed by atoms with van der Waals surface area (Å²) in [6.07, 6.45) is 1.79. The molecule has 0 aliphatic carbocycles. The van der Waals surface area contributed by atoms with Crippen LogP contribution in [0.3, 0.4) is 0 Å². The largest absolute Gasteiger partial charge is 0.398 e. The van der Waals surface area contributed by atoms with Gasteiger partial charge < -0.3 is 5.73 Å². The van der Waals surface area contributed by atoms with E-state index in [4.69, 9.17) is 5.73 Å². The van der Waals surface area contributed by atoms with Gasteiger partial charge in [-0.2, -0.15) is 0 Å². The Bertz CT molecular complexity index is 629. The Balaban J connectivity index is 2.04. The van der Waals surface area contributed by atoms with Crippen molar-refractivity contribution < 1.29 is 0 Å². The molecule has 0 bridgehead atoms. The fourth-order valence-corrected chi connectivity index (χ4v) is 3.06. The van der Waals surface area contributed by atoms with Gasteiger partial charge in [0.05, 0.1) is 0 Å². The summed E-state index contributed by atoms with van der Waals surface area (Å²) in [5.74, 6) is 0. The van der Waals surface area contributed by atoms with Gasteiger partial charge in [0, 0.05) is 28.2 Å². The number of nitrogens with two attached hydrogens (primary N) is 1. The van der Waals surface area contributed by atoms with Gasteiger partial charge in [0.15, 0.2) is 0 Å². The molecule has 3 aromatic rings. The van der Waals surface area contributed by atoms with E-state index in [1.54, 1.807) is 28.9 Å². The SMILES string of the molecule is Nc1ccccc1-c1nc(-c2nccs2)cs1. The molecule has 0 unspecified atom stereocenters. The molecule has 0 amide bonds. The van der Waals surface area contributed by atoms with Crippen molar-refractivity contribution in [2.24, 2.45) is 0 Å². The molecule has 0 fully saturated rings. The lowest BCUT2D eigenvalue weighted by atomic mass is 10.2. The predicted molar refractivity (Wildman–Crippen MR) is 73.1 cm³/mol. The Morgan fingerprint density at radius 3 is 2.71 bits per heavy atom. The van der Waals surface area contributed by atoms with Crippen molar-refractivity contribution in [1.82, 2.24) is 9.97 Å². The summed E-state index contributed by atoms with van der Waals surface area (Å²) in [7, 11) is 0. The standard InChI is InChI=1S/C12H9N3S2/c13-9-4-2-1-3-8(9)11-15-10(7-17-11)12-14-5-6-16-12/h1-7H,13H2. The molecular formula is C12H9N3S2. The third kappa shape index (κ3) is 1.94. The number of nitrogens with zero attached hydrogens (tertiary/aromatic N) is 2. The van der Waals surface area contributed by atoms with E-state index in [0.29, 0.717) is 0 Å². The zero-order chi connectivity index (χ0) is 11.7. The number of benzene rings is 1. The van der Waals surface area contributed by atoms with Crippen LogP contribution in [0.5, 0.6) is 0 Å². The first kappa shape index (κ1) is 10.4. The second kappa shape index (κ2) is 4.27. The highest BCUT2D eigenvalue weighted by atomic mass is 32.1. The molecule has 0 radical (unpaired) electrons. The Morgan fingerprint density at radius 1 is 1.06 bits per heavy atom. The van der Waals surface area contributed by atoms with E-state index in [1.807, 2.05) is 35.0 Å². The summed E-state index contributed by atoms with van der Waals surface area (Å²) in [6, 6.07) is 7.77. The van der Waals surface area contributed by atoms with Gasteiger partial charge in [0.1, 0.15) is 15.7 Å². The van der Waals surface area contributed by atoms with Crippen LogP contribution >= 0.6 is 22.7 Å². The predicted octanol–water partition coefficient (Wildman–Crippen LogP) is 3.52. The van der Waals surface area contributed by atoms with Crippen molar-refractivity contribution in [2.75, 3.05) is 5.73 Å². The Labute approximate surface area is 107 Å². The number of thiazole rings is 2. The van der Waals surface area contributed by atoms with E-state index in [1.165, 1.54) is 0 Å². The normalized spacial score (nSPS) is 10.6. The fraction of sp³-hybridized carbons (Fsp3) is 0.